The Hall–Kier alpha value is -4.74. The maximum atomic E-state index is 12.7. The minimum absolute atomic E-state index is 0.0509. The molecule has 2 amide bonds. The van der Waals surface area contributed by atoms with Crippen molar-refractivity contribution >= 4 is 35.2 Å². The Kier molecular flexibility index (Phi) is 7.54. The van der Waals surface area contributed by atoms with Gasteiger partial charge in [0.25, 0.3) is 11.8 Å². The van der Waals surface area contributed by atoms with Gasteiger partial charge in [-0.15, -0.1) is 0 Å². The topological polar surface area (TPSA) is 145 Å². The fourth-order valence-corrected chi connectivity index (χ4v) is 3.12. The van der Waals surface area contributed by atoms with E-state index in [1.54, 1.807) is 42.5 Å². The van der Waals surface area contributed by atoms with E-state index in [2.05, 4.69) is 10.6 Å². The molecule has 0 aromatic heterocycles. The van der Waals surface area contributed by atoms with Crippen molar-refractivity contribution in [2.45, 2.75) is 13.5 Å². The number of aryl methyl sites for hydroxylation is 1. The zero-order valence-corrected chi connectivity index (χ0v) is 18.3. The maximum absolute atomic E-state index is 12.7. The summed E-state index contributed by atoms with van der Waals surface area (Å²) in [5, 5.41) is 24.2. The lowest BCUT2D eigenvalue weighted by Gasteiger charge is -2.10. The summed E-state index contributed by atoms with van der Waals surface area (Å²) in [7, 11) is 0. The van der Waals surface area contributed by atoms with Crippen LogP contribution in [0.4, 0.5) is 11.4 Å². The highest BCUT2D eigenvalue weighted by atomic mass is 16.4. The molecule has 0 aliphatic carbocycles. The fraction of sp³-hybridized carbons (Fsp3) is 0.0769. The number of nitrogens with one attached hydrogen (secondary N) is 2. The van der Waals surface area contributed by atoms with Gasteiger partial charge in [0.15, 0.2) is 0 Å². The standard InChI is InChI=1S/C26H22N4O4/c1-16-5-8-19(9-6-16)24(31)29-21-4-2-3-17(12-21)11-20(15-28)25(32)30-23-10-7-18(14-27)13-22(23)26(33)34/h2-13H,14,27H2,1H3,(H,29,31)(H,30,32)(H,33,34)/b20-11+. The number of nitrogens with zero attached hydrogens (tertiary/aromatic N) is 1. The lowest BCUT2D eigenvalue weighted by Crippen LogP contribution is -2.16. The highest BCUT2D eigenvalue weighted by Crippen LogP contribution is 2.20. The minimum atomic E-state index is -1.23. The summed E-state index contributed by atoms with van der Waals surface area (Å²) >= 11 is 0. The molecule has 34 heavy (non-hydrogen) atoms. The summed E-state index contributed by atoms with van der Waals surface area (Å²) in [5.74, 6) is -2.29. The van der Waals surface area contributed by atoms with Crippen molar-refractivity contribution < 1.29 is 19.5 Å². The average molecular weight is 454 g/mol. The van der Waals surface area contributed by atoms with Crippen LogP contribution < -0.4 is 16.4 Å². The molecule has 0 unspecified atom stereocenters. The average Bonchev–Trinajstić information content (AvgIpc) is 2.83. The number of hydrogen-bond acceptors (Lipinski definition) is 5. The van der Waals surface area contributed by atoms with Crippen molar-refractivity contribution in [3.63, 3.8) is 0 Å². The normalized spacial score (nSPS) is 10.8. The number of nitrogens with two attached hydrogens (primary N) is 1. The summed E-state index contributed by atoms with van der Waals surface area (Å²) in [6.07, 6.45) is 1.35. The third kappa shape index (κ3) is 5.94. The van der Waals surface area contributed by atoms with Gasteiger partial charge in [-0.2, -0.15) is 5.26 Å². The van der Waals surface area contributed by atoms with E-state index in [1.165, 1.54) is 18.2 Å². The number of anilines is 2. The lowest BCUT2D eigenvalue weighted by molar-refractivity contribution is -0.112. The SMILES string of the molecule is Cc1ccc(C(=O)Nc2cccc(/C=C(\C#N)C(=O)Nc3ccc(CN)cc3C(=O)O)c2)cc1. The maximum Gasteiger partial charge on any atom is 0.337 e. The van der Waals surface area contributed by atoms with Crippen LogP contribution in [-0.2, 0) is 11.3 Å². The molecule has 170 valence electrons. The Labute approximate surface area is 196 Å². The Bertz CT molecular complexity index is 1320. The van der Waals surface area contributed by atoms with E-state index in [0.717, 1.165) is 5.56 Å². The zero-order valence-electron chi connectivity index (χ0n) is 18.3. The molecule has 0 spiro atoms. The van der Waals surface area contributed by atoms with Crippen LogP contribution in [-0.4, -0.2) is 22.9 Å². The molecule has 8 nitrogen and oxygen atoms in total. The second kappa shape index (κ2) is 10.7. The molecule has 0 fully saturated rings. The van der Waals surface area contributed by atoms with E-state index in [9.17, 15) is 24.8 Å². The van der Waals surface area contributed by atoms with Crippen LogP contribution in [0.1, 0.15) is 37.4 Å². The number of carboxylic acid groups (broad SMARTS) is 1. The number of carbonyl (C=O) groups is 3. The summed E-state index contributed by atoms with van der Waals surface area (Å²) in [5.41, 5.74) is 8.36. The first-order valence-electron chi connectivity index (χ1n) is 10.3. The van der Waals surface area contributed by atoms with Crippen LogP contribution in [0.2, 0.25) is 0 Å². The van der Waals surface area contributed by atoms with Gasteiger partial charge in [0.05, 0.1) is 11.3 Å². The first-order chi connectivity index (χ1) is 16.3. The summed E-state index contributed by atoms with van der Waals surface area (Å²) in [6, 6.07) is 20.0. The molecule has 5 N–H and O–H groups in total. The van der Waals surface area contributed by atoms with E-state index in [1.807, 2.05) is 25.1 Å². The van der Waals surface area contributed by atoms with Crippen molar-refractivity contribution in [2.75, 3.05) is 10.6 Å². The summed E-state index contributed by atoms with van der Waals surface area (Å²) < 4.78 is 0. The van der Waals surface area contributed by atoms with Crippen molar-refractivity contribution in [1.29, 1.82) is 5.26 Å². The van der Waals surface area contributed by atoms with Gasteiger partial charge in [-0.1, -0.05) is 35.9 Å². The molecule has 0 atom stereocenters. The highest BCUT2D eigenvalue weighted by molar-refractivity contribution is 6.12. The van der Waals surface area contributed by atoms with Crippen LogP contribution in [0.25, 0.3) is 6.08 Å². The third-order valence-electron chi connectivity index (χ3n) is 4.93. The number of aromatic carboxylic acids is 1. The zero-order chi connectivity index (χ0) is 24.7. The number of rotatable bonds is 7. The molecule has 0 aliphatic heterocycles. The van der Waals surface area contributed by atoms with Crippen molar-refractivity contribution in [2.24, 2.45) is 5.73 Å². The number of nitriles is 1. The number of benzene rings is 3. The van der Waals surface area contributed by atoms with Crippen LogP contribution in [0.5, 0.6) is 0 Å². The monoisotopic (exact) mass is 454 g/mol. The smallest absolute Gasteiger partial charge is 0.337 e. The molecule has 0 radical (unpaired) electrons. The Morgan fingerprint density at radius 2 is 1.76 bits per heavy atom. The second-order valence-corrected chi connectivity index (χ2v) is 7.46. The molecule has 3 aromatic rings. The molecule has 3 aromatic carbocycles. The lowest BCUT2D eigenvalue weighted by atomic mass is 10.1. The first kappa shape index (κ1) is 23.9. The van der Waals surface area contributed by atoms with E-state index in [-0.39, 0.29) is 29.3 Å². The molecule has 3 rings (SSSR count). The molecule has 0 bridgehead atoms. The van der Waals surface area contributed by atoms with Crippen molar-refractivity contribution in [3.8, 4) is 6.07 Å². The minimum Gasteiger partial charge on any atom is -0.478 e. The van der Waals surface area contributed by atoms with E-state index in [4.69, 9.17) is 5.73 Å². The largest absolute Gasteiger partial charge is 0.478 e. The Morgan fingerprint density at radius 3 is 2.41 bits per heavy atom. The van der Waals surface area contributed by atoms with Crippen molar-refractivity contribution in [1.82, 2.24) is 0 Å². The van der Waals surface area contributed by atoms with Gasteiger partial charge in [0, 0.05) is 17.8 Å². The molecule has 0 heterocycles. The Morgan fingerprint density at radius 1 is 1.03 bits per heavy atom. The number of amides is 2. The fourth-order valence-electron chi connectivity index (χ4n) is 3.12. The number of carboxylic acids is 1. The molecular formula is C26H22N4O4. The third-order valence-corrected chi connectivity index (χ3v) is 4.93. The quantitative estimate of drug-likeness (QED) is 0.314. The number of carbonyl (C=O) groups excluding carboxylic acids is 2. The van der Waals surface area contributed by atoms with Gasteiger partial charge < -0.3 is 21.5 Å². The molecule has 8 heteroatoms. The van der Waals surface area contributed by atoms with Crippen LogP contribution in [0.3, 0.4) is 0 Å². The second-order valence-electron chi connectivity index (χ2n) is 7.46. The van der Waals surface area contributed by atoms with E-state index >= 15 is 0 Å². The van der Waals surface area contributed by atoms with E-state index in [0.29, 0.717) is 22.4 Å². The van der Waals surface area contributed by atoms with Crippen LogP contribution in [0.15, 0.2) is 72.3 Å². The van der Waals surface area contributed by atoms with Crippen LogP contribution >= 0.6 is 0 Å². The summed E-state index contributed by atoms with van der Waals surface area (Å²) in [6.45, 7) is 2.08. The molecular weight excluding hydrogens is 432 g/mol. The first-order valence-corrected chi connectivity index (χ1v) is 10.3. The van der Waals surface area contributed by atoms with Gasteiger partial charge in [-0.05, 0) is 60.5 Å². The van der Waals surface area contributed by atoms with Gasteiger partial charge in [0.1, 0.15) is 11.6 Å². The predicted octanol–water partition coefficient (Wildman–Crippen LogP) is 3.95. The van der Waals surface area contributed by atoms with Crippen LogP contribution in [0, 0.1) is 18.3 Å². The molecule has 0 saturated heterocycles. The van der Waals surface area contributed by atoms with Gasteiger partial charge >= 0.3 is 5.97 Å². The highest BCUT2D eigenvalue weighted by Gasteiger charge is 2.16. The van der Waals surface area contributed by atoms with Gasteiger partial charge in [-0.3, -0.25) is 9.59 Å². The van der Waals surface area contributed by atoms with Gasteiger partial charge in [0.2, 0.25) is 0 Å². The van der Waals surface area contributed by atoms with Gasteiger partial charge in [-0.25, -0.2) is 4.79 Å². The summed E-state index contributed by atoms with van der Waals surface area (Å²) in [4.78, 5) is 36.7. The molecule has 0 saturated carbocycles. The molecule has 0 aliphatic rings. The van der Waals surface area contributed by atoms with E-state index < -0.39 is 11.9 Å². The predicted molar refractivity (Wildman–Crippen MR) is 129 cm³/mol. The Balaban J connectivity index is 1.80. The number of hydrogen-bond donors (Lipinski definition) is 4. The van der Waals surface area contributed by atoms with Crippen molar-refractivity contribution in [3.05, 3.63) is 100 Å².